The average molecular weight is 282 g/mol. The molecule has 1 fully saturated rings. The van der Waals surface area contributed by atoms with Crippen molar-refractivity contribution in [1.82, 2.24) is 4.31 Å². The molecule has 0 saturated carbocycles. The van der Waals surface area contributed by atoms with E-state index in [1.807, 2.05) is 0 Å². The van der Waals surface area contributed by atoms with Crippen molar-refractivity contribution in [2.24, 2.45) is 5.92 Å². The van der Waals surface area contributed by atoms with Crippen LogP contribution in [0.3, 0.4) is 0 Å². The topological polar surface area (TPSA) is 37.4 Å². The molecule has 7 heteroatoms. The van der Waals surface area contributed by atoms with Gasteiger partial charge in [-0.15, -0.1) is 0 Å². The number of rotatable bonds is 3. The van der Waals surface area contributed by atoms with Gasteiger partial charge < -0.3 is 0 Å². The third kappa shape index (κ3) is 2.43. The molecule has 1 saturated heterocycles. The molecule has 1 aliphatic rings. The summed E-state index contributed by atoms with van der Waals surface area (Å²) in [6.07, 6.45) is -2.47. The van der Waals surface area contributed by atoms with E-state index in [4.69, 9.17) is 11.6 Å². The number of benzene rings is 1. The Morgan fingerprint density at radius 3 is 2.53 bits per heavy atom. The number of hydrogen-bond donors (Lipinski definition) is 0. The smallest absolute Gasteiger partial charge is 0.210 e. The summed E-state index contributed by atoms with van der Waals surface area (Å²) in [6.45, 7) is -0.265. The molecule has 3 nitrogen and oxygen atoms in total. The fraction of sp³-hybridized carbons (Fsp3) is 0.400. The number of alkyl halides is 2. The van der Waals surface area contributed by atoms with Crippen molar-refractivity contribution in [1.29, 1.82) is 0 Å². The highest BCUT2D eigenvalue weighted by molar-refractivity contribution is 7.89. The van der Waals surface area contributed by atoms with Gasteiger partial charge in [-0.2, -0.15) is 4.31 Å². The van der Waals surface area contributed by atoms with Gasteiger partial charge in [0.15, 0.2) is 0 Å². The summed E-state index contributed by atoms with van der Waals surface area (Å²) in [6, 6.07) is 5.78. The Morgan fingerprint density at radius 1 is 1.35 bits per heavy atom. The summed E-state index contributed by atoms with van der Waals surface area (Å²) in [5.41, 5.74) is 0. The van der Waals surface area contributed by atoms with Gasteiger partial charge >= 0.3 is 0 Å². The molecule has 1 aromatic rings. The molecule has 0 aromatic heterocycles. The van der Waals surface area contributed by atoms with Crippen LogP contribution < -0.4 is 0 Å². The summed E-state index contributed by atoms with van der Waals surface area (Å²) >= 11 is 5.69. The molecule has 1 heterocycles. The van der Waals surface area contributed by atoms with Crippen LogP contribution in [0.1, 0.15) is 0 Å². The van der Waals surface area contributed by atoms with E-state index in [-0.39, 0.29) is 18.0 Å². The second kappa shape index (κ2) is 4.51. The highest BCUT2D eigenvalue weighted by atomic mass is 35.5. The van der Waals surface area contributed by atoms with Crippen molar-refractivity contribution in [3.05, 3.63) is 29.3 Å². The van der Waals surface area contributed by atoms with Gasteiger partial charge in [-0.3, -0.25) is 0 Å². The Hall–Kier alpha value is -0.720. The van der Waals surface area contributed by atoms with Crippen LogP contribution in [0.4, 0.5) is 8.78 Å². The first-order valence-corrected chi connectivity index (χ1v) is 6.77. The first-order valence-electron chi connectivity index (χ1n) is 4.95. The predicted molar refractivity (Wildman–Crippen MR) is 59.7 cm³/mol. The van der Waals surface area contributed by atoms with Crippen LogP contribution in [-0.4, -0.2) is 32.2 Å². The molecule has 17 heavy (non-hydrogen) atoms. The number of nitrogens with zero attached hydrogens (tertiary/aromatic N) is 1. The highest BCUT2D eigenvalue weighted by Crippen LogP contribution is 2.29. The third-order valence-corrected chi connectivity index (χ3v) is 4.73. The van der Waals surface area contributed by atoms with Gasteiger partial charge in [-0.25, -0.2) is 17.2 Å². The Labute approximate surface area is 103 Å². The molecule has 1 aliphatic heterocycles. The third-order valence-electron chi connectivity index (χ3n) is 2.67. The lowest BCUT2D eigenvalue weighted by Gasteiger charge is -2.37. The monoisotopic (exact) mass is 281 g/mol. The zero-order valence-corrected chi connectivity index (χ0v) is 10.3. The number of hydrogen-bond acceptors (Lipinski definition) is 2. The van der Waals surface area contributed by atoms with Crippen LogP contribution in [0, 0.1) is 5.92 Å². The Balaban J connectivity index is 2.16. The van der Waals surface area contributed by atoms with Gasteiger partial charge in [0, 0.05) is 24.0 Å². The van der Waals surface area contributed by atoms with E-state index in [0.717, 1.165) is 4.31 Å². The zero-order valence-electron chi connectivity index (χ0n) is 8.68. The molecule has 94 valence electrons. The quantitative estimate of drug-likeness (QED) is 0.852. The molecule has 2 rings (SSSR count). The second-order valence-corrected chi connectivity index (χ2v) is 6.25. The Morgan fingerprint density at radius 2 is 2.00 bits per heavy atom. The fourth-order valence-corrected chi connectivity index (χ4v) is 3.46. The van der Waals surface area contributed by atoms with Gasteiger partial charge in [-0.1, -0.05) is 17.7 Å². The molecule has 0 spiro atoms. The van der Waals surface area contributed by atoms with E-state index in [1.54, 1.807) is 6.07 Å². The maximum Gasteiger partial charge on any atom is 0.243 e. The van der Waals surface area contributed by atoms with E-state index >= 15 is 0 Å². The second-order valence-electron chi connectivity index (χ2n) is 3.87. The molecule has 1 aromatic carbocycles. The molecule has 0 N–H and O–H groups in total. The van der Waals surface area contributed by atoms with Crippen molar-refractivity contribution in [3.63, 3.8) is 0 Å². The van der Waals surface area contributed by atoms with Crippen LogP contribution in [-0.2, 0) is 10.0 Å². The Kier molecular flexibility index (Phi) is 3.38. The first kappa shape index (κ1) is 12.7. The summed E-state index contributed by atoms with van der Waals surface area (Å²) in [4.78, 5) is 0.0396. The molecule has 0 atom stereocenters. The summed E-state index contributed by atoms with van der Waals surface area (Å²) in [5, 5.41) is 0.303. The lowest BCUT2D eigenvalue weighted by molar-refractivity contribution is 0.0123. The molecular weight excluding hydrogens is 272 g/mol. The molecule has 0 aliphatic carbocycles. The average Bonchev–Trinajstić information content (AvgIpc) is 2.13. The van der Waals surface area contributed by atoms with E-state index in [9.17, 15) is 17.2 Å². The molecule has 0 unspecified atom stereocenters. The maximum absolute atomic E-state index is 12.3. The number of halogens is 3. The number of sulfonamides is 1. The van der Waals surface area contributed by atoms with E-state index in [1.165, 1.54) is 18.2 Å². The van der Waals surface area contributed by atoms with Gasteiger partial charge in [0.05, 0.1) is 4.90 Å². The zero-order chi connectivity index (χ0) is 12.6. The molecular formula is C10H10ClF2NO2S. The van der Waals surface area contributed by atoms with Crippen molar-refractivity contribution in [2.75, 3.05) is 13.1 Å². The van der Waals surface area contributed by atoms with E-state index in [2.05, 4.69) is 0 Å². The van der Waals surface area contributed by atoms with Crippen molar-refractivity contribution < 1.29 is 17.2 Å². The first-order chi connectivity index (χ1) is 7.91. The van der Waals surface area contributed by atoms with Crippen molar-refractivity contribution >= 4 is 21.6 Å². The lowest BCUT2D eigenvalue weighted by atomic mass is 10.1. The van der Waals surface area contributed by atoms with Gasteiger partial charge in [0.2, 0.25) is 16.4 Å². The van der Waals surface area contributed by atoms with Crippen LogP contribution in [0.5, 0.6) is 0 Å². The summed E-state index contributed by atoms with van der Waals surface area (Å²) in [7, 11) is -3.68. The van der Waals surface area contributed by atoms with Gasteiger partial charge in [0.25, 0.3) is 0 Å². The van der Waals surface area contributed by atoms with Crippen LogP contribution >= 0.6 is 11.6 Å². The molecule has 0 amide bonds. The minimum absolute atomic E-state index is 0.0396. The van der Waals surface area contributed by atoms with Crippen LogP contribution in [0.15, 0.2) is 29.2 Å². The normalized spacial score (nSPS) is 18.4. The van der Waals surface area contributed by atoms with Gasteiger partial charge in [-0.05, 0) is 18.2 Å². The standard InChI is InChI=1S/C10H10ClF2NO2S/c11-8-2-1-3-9(4-8)17(15,16)14-5-7(6-14)10(12)13/h1-4,7,10H,5-6H2. The van der Waals surface area contributed by atoms with Crippen LogP contribution in [0.2, 0.25) is 5.02 Å². The van der Waals surface area contributed by atoms with Crippen molar-refractivity contribution in [2.45, 2.75) is 11.3 Å². The molecule has 0 radical (unpaired) electrons. The predicted octanol–water partition coefficient (Wildman–Crippen LogP) is 2.23. The summed E-state index contributed by atoms with van der Waals surface area (Å²) in [5.74, 6) is -0.857. The lowest BCUT2D eigenvalue weighted by Crippen LogP contribution is -2.52. The fourth-order valence-electron chi connectivity index (χ4n) is 1.60. The summed E-state index contributed by atoms with van der Waals surface area (Å²) < 4.78 is 49.5. The minimum atomic E-state index is -3.68. The van der Waals surface area contributed by atoms with Gasteiger partial charge in [0.1, 0.15) is 0 Å². The van der Waals surface area contributed by atoms with Crippen LogP contribution in [0.25, 0.3) is 0 Å². The highest BCUT2D eigenvalue weighted by Gasteiger charge is 2.41. The maximum atomic E-state index is 12.3. The van der Waals surface area contributed by atoms with E-state index < -0.39 is 22.4 Å². The van der Waals surface area contributed by atoms with Crippen molar-refractivity contribution in [3.8, 4) is 0 Å². The largest absolute Gasteiger partial charge is 0.243 e. The molecule has 0 bridgehead atoms. The van der Waals surface area contributed by atoms with E-state index in [0.29, 0.717) is 5.02 Å². The Bertz CT molecular complexity index is 515. The minimum Gasteiger partial charge on any atom is -0.210 e. The SMILES string of the molecule is O=S(=O)(c1cccc(Cl)c1)N1CC(C(F)F)C1.